The molecule has 3 aromatic rings. The van der Waals surface area contributed by atoms with E-state index in [0.717, 1.165) is 24.5 Å². The topological polar surface area (TPSA) is 134 Å². The zero-order chi connectivity index (χ0) is 25.8. The first-order chi connectivity index (χ1) is 17.3. The number of hydrogen-bond donors (Lipinski definition) is 3. The zero-order valence-electron chi connectivity index (χ0n) is 20.3. The van der Waals surface area contributed by atoms with Crippen LogP contribution in [0.15, 0.2) is 42.5 Å². The number of carbonyl (C=O) groups is 2. The lowest BCUT2D eigenvalue weighted by atomic mass is 9.93. The van der Waals surface area contributed by atoms with E-state index in [1.807, 2.05) is 6.92 Å². The van der Waals surface area contributed by atoms with Crippen molar-refractivity contribution in [2.24, 2.45) is 11.7 Å². The van der Waals surface area contributed by atoms with Crippen molar-refractivity contribution in [3.63, 3.8) is 0 Å². The van der Waals surface area contributed by atoms with Crippen LogP contribution in [0.1, 0.15) is 52.1 Å². The lowest BCUT2D eigenvalue weighted by Gasteiger charge is -2.28. The van der Waals surface area contributed by atoms with Crippen molar-refractivity contribution >= 4 is 17.6 Å². The van der Waals surface area contributed by atoms with Gasteiger partial charge in [0.15, 0.2) is 0 Å². The highest BCUT2D eigenvalue weighted by atomic mass is 19.1. The SMILES string of the molecule is COc1ccc(F)cc1C(=O)NCc1ccc(-c2nn(C(C)C3CCOCC3)c(N)c2C(N)=O)cc1. The molecule has 0 bridgehead atoms. The first-order valence-corrected chi connectivity index (χ1v) is 11.8. The van der Waals surface area contributed by atoms with Crippen molar-refractivity contribution in [3.8, 4) is 17.0 Å². The minimum atomic E-state index is -0.645. The minimum Gasteiger partial charge on any atom is -0.496 e. The van der Waals surface area contributed by atoms with E-state index in [-0.39, 0.29) is 35.3 Å². The number of anilines is 1. The van der Waals surface area contributed by atoms with Crippen molar-refractivity contribution < 1.29 is 23.5 Å². The molecule has 4 rings (SSSR count). The van der Waals surface area contributed by atoms with Crippen LogP contribution in [-0.4, -0.2) is 41.9 Å². The van der Waals surface area contributed by atoms with E-state index in [2.05, 4.69) is 10.4 Å². The number of nitrogens with one attached hydrogen (secondary N) is 1. The molecule has 1 atom stereocenters. The minimum absolute atomic E-state index is 0.0185. The quantitative estimate of drug-likeness (QED) is 0.439. The predicted octanol–water partition coefficient (Wildman–Crippen LogP) is 3.30. The number of rotatable bonds is 8. The van der Waals surface area contributed by atoms with Crippen LogP contribution < -0.4 is 21.5 Å². The van der Waals surface area contributed by atoms with Gasteiger partial charge in [0.1, 0.15) is 28.6 Å². The van der Waals surface area contributed by atoms with Gasteiger partial charge in [0, 0.05) is 25.3 Å². The second kappa shape index (κ2) is 10.8. The maximum atomic E-state index is 13.6. The number of nitrogens with two attached hydrogens (primary N) is 2. The molecule has 0 radical (unpaired) electrons. The molecular formula is C26H30FN5O4. The van der Waals surface area contributed by atoms with Crippen molar-refractivity contribution in [2.45, 2.75) is 32.4 Å². The lowest BCUT2D eigenvalue weighted by molar-refractivity contribution is 0.0499. The average Bonchev–Trinajstić information content (AvgIpc) is 3.24. The number of nitrogens with zero attached hydrogens (tertiary/aromatic N) is 2. The van der Waals surface area contributed by atoms with Gasteiger partial charge in [-0.1, -0.05) is 24.3 Å². The van der Waals surface area contributed by atoms with Crippen LogP contribution in [0.3, 0.4) is 0 Å². The van der Waals surface area contributed by atoms with Gasteiger partial charge in [0.2, 0.25) is 0 Å². The van der Waals surface area contributed by atoms with Crippen LogP contribution in [0.2, 0.25) is 0 Å². The fraction of sp³-hybridized carbons (Fsp3) is 0.346. The fourth-order valence-corrected chi connectivity index (χ4v) is 4.52. The number of nitrogen functional groups attached to an aromatic ring is 1. The number of carbonyl (C=O) groups excluding carboxylic acids is 2. The molecule has 1 saturated heterocycles. The average molecular weight is 496 g/mol. The fourth-order valence-electron chi connectivity index (χ4n) is 4.52. The van der Waals surface area contributed by atoms with E-state index in [4.69, 9.17) is 20.9 Å². The van der Waals surface area contributed by atoms with Crippen LogP contribution in [0.25, 0.3) is 11.3 Å². The van der Waals surface area contributed by atoms with Crippen LogP contribution in [0, 0.1) is 11.7 Å². The second-order valence-electron chi connectivity index (χ2n) is 8.83. The third-order valence-electron chi connectivity index (χ3n) is 6.61. The Kier molecular flexibility index (Phi) is 7.54. The number of primary amides is 1. The standard InChI is InChI=1S/C26H30FN5O4/c1-15(17-9-11-36-12-10-17)32-24(28)22(25(29)33)23(31-32)18-5-3-16(4-6-18)14-30-26(34)20-13-19(27)7-8-21(20)35-2/h3-8,13,15,17H,9-12,14,28H2,1-2H3,(H2,29,33)(H,30,34). The third-order valence-corrected chi connectivity index (χ3v) is 6.61. The summed E-state index contributed by atoms with van der Waals surface area (Å²) in [4.78, 5) is 24.8. The normalized spacial score (nSPS) is 14.9. The number of halogens is 1. The molecule has 1 fully saturated rings. The summed E-state index contributed by atoms with van der Waals surface area (Å²) >= 11 is 0. The molecular weight excluding hydrogens is 465 g/mol. The van der Waals surface area contributed by atoms with E-state index in [1.165, 1.54) is 19.2 Å². The Morgan fingerprint density at radius 2 is 1.92 bits per heavy atom. The van der Waals surface area contributed by atoms with Crippen LogP contribution in [-0.2, 0) is 11.3 Å². The van der Waals surface area contributed by atoms with Gasteiger partial charge < -0.3 is 26.3 Å². The van der Waals surface area contributed by atoms with Gasteiger partial charge in [-0.05, 0) is 49.4 Å². The van der Waals surface area contributed by atoms with Gasteiger partial charge in [-0.2, -0.15) is 5.10 Å². The summed E-state index contributed by atoms with van der Waals surface area (Å²) in [6.07, 6.45) is 1.78. The van der Waals surface area contributed by atoms with Crippen LogP contribution in [0.4, 0.5) is 10.2 Å². The van der Waals surface area contributed by atoms with E-state index in [0.29, 0.717) is 30.4 Å². The Hall–Kier alpha value is -3.92. The summed E-state index contributed by atoms with van der Waals surface area (Å²) in [7, 11) is 1.42. The van der Waals surface area contributed by atoms with Crippen molar-refractivity contribution in [1.29, 1.82) is 0 Å². The van der Waals surface area contributed by atoms with Gasteiger partial charge in [-0.3, -0.25) is 9.59 Å². The summed E-state index contributed by atoms with van der Waals surface area (Å²) in [5.41, 5.74) is 14.2. The summed E-state index contributed by atoms with van der Waals surface area (Å²) in [5.74, 6) is -0.769. The largest absolute Gasteiger partial charge is 0.496 e. The maximum absolute atomic E-state index is 13.6. The molecule has 2 amide bonds. The van der Waals surface area contributed by atoms with E-state index in [1.54, 1.807) is 28.9 Å². The van der Waals surface area contributed by atoms with E-state index >= 15 is 0 Å². The number of ether oxygens (including phenoxy) is 2. The molecule has 1 unspecified atom stereocenters. The molecule has 2 heterocycles. The van der Waals surface area contributed by atoms with E-state index < -0.39 is 17.6 Å². The molecule has 1 aliphatic rings. The molecule has 0 saturated carbocycles. The molecule has 10 heteroatoms. The van der Waals surface area contributed by atoms with Crippen molar-refractivity contribution in [2.75, 3.05) is 26.1 Å². The number of benzene rings is 2. The van der Waals surface area contributed by atoms with Crippen molar-refractivity contribution in [1.82, 2.24) is 15.1 Å². The highest BCUT2D eigenvalue weighted by Gasteiger charge is 2.28. The molecule has 1 aromatic heterocycles. The lowest BCUT2D eigenvalue weighted by Crippen LogP contribution is -2.26. The number of aromatic nitrogens is 2. The molecule has 190 valence electrons. The molecule has 0 spiro atoms. The zero-order valence-corrected chi connectivity index (χ0v) is 20.3. The smallest absolute Gasteiger partial charge is 0.255 e. The van der Waals surface area contributed by atoms with Crippen LogP contribution >= 0.6 is 0 Å². The summed E-state index contributed by atoms with van der Waals surface area (Å²) in [5, 5.41) is 7.44. The first-order valence-electron chi connectivity index (χ1n) is 11.8. The molecule has 9 nitrogen and oxygen atoms in total. The summed E-state index contributed by atoms with van der Waals surface area (Å²) < 4.78 is 25.9. The van der Waals surface area contributed by atoms with Gasteiger partial charge in [0.05, 0.1) is 18.7 Å². The molecule has 1 aliphatic heterocycles. The second-order valence-corrected chi connectivity index (χ2v) is 8.83. The Balaban J connectivity index is 1.52. The number of methoxy groups -OCH3 is 1. The van der Waals surface area contributed by atoms with Gasteiger partial charge in [-0.15, -0.1) is 0 Å². The molecule has 2 aromatic carbocycles. The van der Waals surface area contributed by atoms with Gasteiger partial charge in [0.25, 0.3) is 11.8 Å². The summed E-state index contributed by atoms with van der Waals surface area (Å²) in [6, 6.07) is 10.9. The highest BCUT2D eigenvalue weighted by Crippen LogP contribution is 2.34. The predicted molar refractivity (Wildman–Crippen MR) is 133 cm³/mol. The number of hydrogen-bond acceptors (Lipinski definition) is 6. The Morgan fingerprint density at radius 1 is 1.22 bits per heavy atom. The molecule has 36 heavy (non-hydrogen) atoms. The highest BCUT2D eigenvalue weighted by molar-refractivity contribution is 6.03. The Morgan fingerprint density at radius 3 is 2.56 bits per heavy atom. The first kappa shape index (κ1) is 25.2. The maximum Gasteiger partial charge on any atom is 0.255 e. The Bertz CT molecular complexity index is 1250. The van der Waals surface area contributed by atoms with Crippen molar-refractivity contribution in [3.05, 3.63) is 65.0 Å². The van der Waals surface area contributed by atoms with Gasteiger partial charge in [-0.25, -0.2) is 9.07 Å². The summed E-state index contributed by atoms with van der Waals surface area (Å²) in [6.45, 7) is 3.62. The number of amides is 2. The molecule has 5 N–H and O–H groups in total. The monoisotopic (exact) mass is 495 g/mol. The molecule has 0 aliphatic carbocycles. The third kappa shape index (κ3) is 5.18. The van der Waals surface area contributed by atoms with E-state index in [9.17, 15) is 14.0 Å². The van der Waals surface area contributed by atoms with Crippen LogP contribution in [0.5, 0.6) is 5.75 Å². The van der Waals surface area contributed by atoms with Gasteiger partial charge >= 0.3 is 0 Å². The Labute approximate surface area is 208 Å².